The van der Waals surface area contributed by atoms with Gasteiger partial charge in [-0.2, -0.15) is 0 Å². The van der Waals surface area contributed by atoms with Crippen LogP contribution in [0.15, 0.2) is 23.0 Å². The Kier molecular flexibility index (Phi) is 1.70. The summed E-state index contributed by atoms with van der Waals surface area (Å²) < 4.78 is 1.42. The summed E-state index contributed by atoms with van der Waals surface area (Å²) in [5.41, 5.74) is 1.52. The summed E-state index contributed by atoms with van der Waals surface area (Å²) in [7, 11) is 1.67. The number of benzene rings is 1. The Balaban J connectivity index is 2.80. The lowest BCUT2D eigenvalue weighted by Crippen LogP contribution is -2.10. The standard InChI is InChI=1S/C9H10N2O2/c1-11-9(13)7-3-2-6(5-12)4-8(7)10-11/h2-4,10,12H,5H2,1H3. The van der Waals surface area contributed by atoms with Crippen molar-refractivity contribution in [3.8, 4) is 0 Å². The van der Waals surface area contributed by atoms with Gasteiger partial charge in [-0.3, -0.25) is 14.6 Å². The first-order chi connectivity index (χ1) is 6.22. The highest BCUT2D eigenvalue weighted by molar-refractivity contribution is 5.78. The average Bonchev–Trinajstić information content (AvgIpc) is 2.42. The van der Waals surface area contributed by atoms with Gasteiger partial charge in [0.25, 0.3) is 5.56 Å². The number of nitrogens with zero attached hydrogens (tertiary/aromatic N) is 1. The van der Waals surface area contributed by atoms with Gasteiger partial charge < -0.3 is 5.11 Å². The molecular formula is C9H10N2O2. The summed E-state index contributed by atoms with van der Waals surface area (Å²) in [6.45, 7) is -0.00708. The van der Waals surface area contributed by atoms with E-state index in [1.54, 1.807) is 25.2 Å². The number of nitrogens with one attached hydrogen (secondary N) is 1. The van der Waals surface area contributed by atoms with Gasteiger partial charge in [0.05, 0.1) is 17.5 Å². The number of aromatic nitrogens is 2. The SMILES string of the molecule is Cn1[nH]c2cc(CO)ccc2c1=O. The molecule has 68 valence electrons. The molecule has 4 heteroatoms. The first-order valence-electron chi connectivity index (χ1n) is 4.01. The van der Waals surface area contributed by atoms with E-state index >= 15 is 0 Å². The maximum Gasteiger partial charge on any atom is 0.274 e. The number of aliphatic hydroxyl groups is 1. The van der Waals surface area contributed by atoms with E-state index < -0.39 is 0 Å². The first kappa shape index (κ1) is 8.07. The predicted octanol–water partition coefficient (Wildman–Crippen LogP) is 0.359. The van der Waals surface area contributed by atoms with E-state index in [1.165, 1.54) is 4.68 Å². The summed E-state index contributed by atoms with van der Waals surface area (Å²) in [4.78, 5) is 11.4. The third-order valence-corrected chi connectivity index (χ3v) is 2.09. The Bertz CT molecular complexity index is 496. The van der Waals surface area contributed by atoms with Crippen molar-refractivity contribution in [3.63, 3.8) is 0 Å². The van der Waals surface area contributed by atoms with Gasteiger partial charge in [0.15, 0.2) is 0 Å². The molecule has 0 amide bonds. The molecule has 0 aliphatic heterocycles. The maximum absolute atomic E-state index is 11.4. The van der Waals surface area contributed by atoms with Crippen LogP contribution in [-0.2, 0) is 13.7 Å². The van der Waals surface area contributed by atoms with Crippen molar-refractivity contribution in [2.24, 2.45) is 7.05 Å². The topological polar surface area (TPSA) is 58.0 Å². The Hall–Kier alpha value is -1.55. The summed E-state index contributed by atoms with van der Waals surface area (Å²) in [6.07, 6.45) is 0. The smallest absolute Gasteiger partial charge is 0.274 e. The quantitative estimate of drug-likeness (QED) is 0.662. The summed E-state index contributed by atoms with van der Waals surface area (Å²) in [5.74, 6) is 0. The van der Waals surface area contributed by atoms with Gasteiger partial charge in [0, 0.05) is 7.05 Å². The van der Waals surface area contributed by atoms with E-state index in [4.69, 9.17) is 5.11 Å². The fourth-order valence-electron chi connectivity index (χ4n) is 1.38. The highest BCUT2D eigenvalue weighted by atomic mass is 16.3. The third-order valence-electron chi connectivity index (χ3n) is 2.09. The van der Waals surface area contributed by atoms with E-state index in [0.29, 0.717) is 5.39 Å². The zero-order valence-corrected chi connectivity index (χ0v) is 7.24. The van der Waals surface area contributed by atoms with Crippen LogP contribution in [0.25, 0.3) is 10.9 Å². The van der Waals surface area contributed by atoms with Crippen LogP contribution in [0, 0.1) is 0 Å². The minimum atomic E-state index is -0.0421. The largest absolute Gasteiger partial charge is 0.392 e. The van der Waals surface area contributed by atoms with Crippen LogP contribution in [0.3, 0.4) is 0 Å². The summed E-state index contributed by atoms with van der Waals surface area (Å²) in [6, 6.07) is 5.24. The molecule has 0 saturated carbocycles. The fourth-order valence-corrected chi connectivity index (χ4v) is 1.38. The molecule has 2 aromatic rings. The lowest BCUT2D eigenvalue weighted by Gasteiger charge is -1.93. The Morgan fingerprint density at radius 3 is 3.00 bits per heavy atom. The maximum atomic E-state index is 11.4. The molecular weight excluding hydrogens is 168 g/mol. The lowest BCUT2D eigenvalue weighted by atomic mass is 10.2. The van der Waals surface area contributed by atoms with Crippen molar-refractivity contribution in [2.45, 2.75) is 6.61 Å². The van der Waals surface area contributed by atoms with E-state index in [-0.39, 0.29) is 12.2 Å². The van der Waals surface area contributed by atoms with E-state index in [9.17, 15) is 4.79 Å². The molecule has 0 spiro atoms. The number of hydrogen-bond acceptors (Lipinski definition) is 2. The number of aromatic amines is 1. The van der Waals surface area contributed by atoms with Crippen molar-refractivity contribution in [1.29, 1.82) is 0 Å². The second kappa shape index (κ2) is 2.74. The normalized spacial score (nSPS) is 10.9. The number of aliphatic hydroxyl groups excluding tert-OH is 1. The van der Waals surface area contributed by atoms with Crippen LogP contribution in [0.5, 0.6) is 0 Å². The van der Waals surface area contributed by atoms with Gasteiger partial charge in [-0.05, 0) is 17.7 Å². The van der Waals surface area contributed by atoms with Crippen molar-refractivity contribution < 1.29 is 5.11 Å². The molecule has 0 saturated heterocycles. The Morgan fingerprint density at radius 2 is 2.31 bits per heavy atom. The van der Waals surface area contributed by atoms with Crippen molar-refractivity contribution in [1.82, 2.24) is 9.78 Å². The number of aryl methyl sites for hydroxylation is 1. The molecule has 13 heavy (non-hydrogen) atoms. The molecule has 0 aliphatic rings. The van der Waals surface area contributed by atoms with E-state index in [1.807, 2.05) is 0 Å². The zero-order valence-electron chi connectivity index (χ0n) is 7.24. The molecule has 1 heterocycles. The van der Waals surface area contributed by atoms with Crippen molar-refractivity contribution >= 4 is 10.9 Å². The predicted molar refractivity (Wildman–Crippen MR) is 49.5 cm³/mol. The van der Waals surface area contributed by atoms with Gasteiger partial charge in [0.2, 0.25) is 0 Å². The average molecular weight is 178 g/mol. The highest BCUT2D eigenvalue weighted by Gasteiger charge is 2.03. The second-order valence-electron chi connectivity index (χ2n) is 3.01. The molecule has 2 N–H and O–H groups in total. The number of H-pyrrole nitrogens is 1. The summed E-state index contributed by atoms with van der Waals surface area (Å²) >= 11 is 0. The second-order valence-corrected chi connectivity index (χ2v) is 3.01. The van der Waals surface area contributed by atoms with Gasteiger partial charge in [-0.1, -0.05) is 6.07 Å². The van der Waals surface area contributed by atoms with Crippen LogP contribution in [0.2, 0.25) is 0 Å². The molecule has 0 aliphatic carbocycles. The molecule has 0 unspecified atom stereocenters. The number of fused-ring (bicyclic) bond motifs is 1. The lowest BCUT2D eigenvalue weighted by molar-refractivity contribution is 0.282. The molecule has 0 atom stereocenters. The molecule has 1 aromatic carbocycles. The van der Waals surface area contributed by atoms with Crippen LogP contribution >= 0.6 is 0 Å². The fraction of sp³-hybridized carbons (Fsp3) is 0.222. The van der Waals surface area contributed by atoms with E-state index in [0.717, 1.165) is 11.1 Å². The van der Waals surface area contributed by atoms with Gasteiger partial charge in [0.1, 0.15) is 0 Å². The minimum absolute atomic E-state index is 0.00708. The van der Waals surface area contributed by atoms with Crippen LogP contribution in [0.4, 0.5) is 0 Å². The molecule has 0 fully saturated rings. The monoisotopic (exact) mass is 178 g/mol. The molecule has 1 aromatic heterocycles. The van der Waals surface area contributed by atoms with E-state index in [2.05, 4.69) is 5.10 Å². The van der Waals surface area contributed by atoms with Gasteiger partial charge >= 0.3 is 0 Å². The highest BCUT2D eigenvalue weighted by Crippen LogP contribution is 2.09. The van der Waals surface area contributed by atoms with Crippen molar-refractivity contribution in [3.05, 3.63) is 34.1 Å². The molecule has 0 radical (unpaired) electrons. The van der Waals surface area contributed by atoms with Crippen LogP contribution in [0.1, 0.15) is 5.56 Å². The Morgan fingerprint density at radius 1 is 1.54 bits per heavy atom. The number of hydrogen-bond donors (Lipinski definition) is 2. The zero-order chi connectivity index (χ0) is 9.42. The van der Waals surface area contributed by atoms with Gasteiger partial charge in [-0.25, -0.2) is 0 Å². The van der Waals surface area contributed by atoms with Crippen LogP contribution < -0.4 is 5.56 Å². The third kappa shape index (κ3) is 1.15. The summed E-state index contributed by atoms with van der Waals surface area (Å²) in [5, 5.41) is 12.4. The number of rotatable bonds is 1. The minimum Gasteiger partial charge on any atom is -0.392 e. The molecule has 0 bridgehead atoms. The molecule has 2 rings (SSSR count). The van der Waals surface area contributed by atoms with Crippen molar-refractivity contribution in [2.75, 3.05) is 0 Å². The first-order valence-corrected chi connectivity index (χ1v) is 4.01. The Labute approximate surface area is 74.4 Å². The van der Waals surface area contributed by atoms with Crippen LogP contribution in [-0.4, -0.2) is 14.9 Å². The van der Waals surface area contributed by atoms with Gasteiger partial charge in [-0.15, -0.1) is 0 Å². The molecule has 4 nitrogen and oxygen atoms in total.